The van der Waals surface area contributed by atoms with Crippen LogP contribution in [0, 0.1) is 6.92 Å². The number of hydrogen-bond acceptors (Lipinski definition) is 7. The smallest absolute Gasteiger partial charge is 0.251 e. The molecule has 1 aromatic heterocycles. The lowest BCUT2D eigenvalue weighted by atomic mass is 10.1. The van der Waals surface area contributed by atoms with Crippen LogP contribution >= 0.6 is 11.3 Å². The van der Waals surface area contributed by atoms with Gasteiger partial charge in [-0.15, -0.1) is 0 Å². The Bertz CT molecular complexity index is 1020. The number of nitrogens with one attached hydrogen (secondary N) is 1. The number of carbonyl (C=O) groups excluding carboxylic acids is 1. The van der Waals surface area contributed by atoms with Crippen LogP contribution in [0.25, 0.3) is 10.2 Å². The number of aromatic nitrogens is 1. The molecule has 2 heterocycles. The van der Waals surface area contributed by atoms with Crippen molar-refractivity contribution in [1.29, 1.82) is 0 Å². The Morgan fingerprint density at radius 2 is 1.77 bits per heavy atom. The van der Waals surface area contributed by atoms with Crippen molar-refractivity contribution >= 4 is 32.6 Å². The SMILES string of the molecule is COc1ccc(OC)c2sc(N3CCN(CCNC(=O)c4ccccc4C)CC3)nc12. The van der Waals surface area contributed by atoms with Gasteiger partial charge in [-0.1, -0.05) is 29.5 Å². The average molecular weight is 441 g/mol. The Hall–Kier alpha value is -2.84. The number of aryl methyl sites for hydroxylation is 1. The third kappa shape index (κ3) is 4.60. The number of amides is 1. The Morgan fingerprint density at radius 3 is 2.48 bits per heavy atom. The second-order valence-electron chi connectivity index (χ2n) is 7.54. The molecule has 4 rings (SSSR count). The van der Waals surface area contributed by atoms with E-state index in [4.69, 9.17) is 14.5 Å². The summed E-state index contributed by atoms with van der Waals surface area (Å²) in [6.45, 7) is 7.11. The van der Waals surface area contributed by atoms with Crippen LogP contribution in [0.5, 0.6) is 11.5 Å². The Kier molecular flexibility index (Phi) is 6.58. The topological polar surface area (TPSA) is 66.9 Å². The number of methoxy groups -OCH3 is 2. The molecule has 0 aliphatic carbocycles. The summed E-state index contributed by atoms with van der Waals surface area (Å²) in [5.74, 6) is 1.58. The summed E-state index contributed by atoms with van der Waals surface area (Å²) in [5.41, 5.74) is 2.59. The van der Waals surface area contributed by atoms with Crippen LogP contribution in [0.3, 0.4) is 0 Å². The molecule has 0 bridgehead atoms. The molecule has 1 aliphatic heterocycles. The van der Waals surface area contributed by atoms with E-state index < -0.39 is 0 Å². The summed E-state index contributed by atoms with van der Waals surface area (Å²) in [7, 11) is 3.34. The van der Waals surface area contributed by atoms with E-state index >= 15 is 0 Å². The van der Waals surface area contributed by atoms with Crippen LogP contribution in [0.2, 0.25) is 0 Å². The molecule has 1 N–H and O–H groups in total. The Balaban J connectivity index is 1.32. The van der Waals surface area contributed by atoms with Gasteiger partial charge in [0.25, 0.3) is 5.91 Å². The molecule has 0 saturated carbocycles. The molecule has 7 nitrogen and oxygen atoms in total. The molecule has 164 valence electrons. The number of piperazine rings is 1. The summed E-state index contributed by atoms with van der Waals surface area (Å²) < 4.78 is 12.0. The van der Waals surface area contributed by atoms with Gasteiger partial charge in [0.2, 0.25) is 0 Å². The number of thiazole rings is 1. The lowest BCUT2D eigenvalue weighted by Crippen LogP contribution is -2.48. The first kappa shape index (κ1) is 21.4. The predicted octanol–water partition coefficient (Wildman–Crippen LogP) is 3.17. The highest BCUT2D eigenvalue weighted by Gasteiger charge is 2.22. The van der Waals surface area contributed by atoms with E-state index in [0.717, 1.165) is 70.7 Å². The fraction of sp³-hybridized carbons (Fsp3) is 0.391. The fourth-order valence-electron chi connectivity index (χ4n) is 3.82. The summed E-state index contributed by atoms with van der Waals surface area (Å²) in [6, 6.07) is 11.5. The zero-order chi connectivity index (χ0) is 21.8. The van der Waals surface area contributed by atoms with Crippen LogP contribution in [-0.2, 0) is 0 Å². The molecule has 31 heavy (non-hydrogen) atoms. The van der Waals surface area contributed by atoms with Crippen LogP contribution in [0.4, 0.5) is 5.13 Å². The maximum atomic E-state index is 12.4. The van der Waals surface area contributed by atoms with Gasteiger partial charge in [0.05, 0.1) is 14.2 Å². The minimum absolute atomic E-state index is 0.00546. The van der Waals surface area contributed by atoms with Crippen LogP contribution in [-0.4, -0.2) is 69.3 Å². The van der Waals surface area contributed by atoms with Crippen LogP contribution < -0.4 is 19.7 Å². The van der Waals surface area contributed by atoms with Gasteiger partial charge >= 0.3 is 0 Å². The third-order valence-electron chi connectivity index (χ3n) is 5.65. The van der Waals surface area contributed by atoms with Gasteiger partial charge in [-0.25, -0.2) is 4.98 Å². The number of benzene rings is 2. The molecule has 1 fully saturated rings. The summed E-state index contributed by atoms with van der Waals surface area (Å²) >= 11 is 1.64. The largest absolute Gasteiger partial charge is 0.495 e. The number of rotatable bonds is 7. The summed E-state index contributed by atoms with van der Waals surface area (Å²) in [5, 5.41) is 4.03. The molecular formula is C23H28N4O3S. The third-order valence-corrected chi connectivity index (χ3v) is 6.78. The molecule has 1 aliphatic rings. The second-order valence-corrected chi connectivity index (χ2v) is 8.52. The molecule has 0 atom stereocenters. The lowest BCUT2D eigenvalue weighted by Gasteiger charge is -2.34. The van der Waals surface area contributed by atoms with Crippen molar-refractivity contribution in [3.8, 4) is 11.5 Å². The van der Waals surface area contributed by atoms with Crippen molar-refractivity contribution in [3.05, 3.63) is 47.5 Å². The van der Waals surface area contributed by atoms with E-state index in [1.54, 1.807) is 25.6 Å². The Labute approximate surface area is 186 Å². The highest BCUT2D eigenvalue weighted by atomic mass is 32.1. The molecule has 0 spiro atoms. The van der Waals surface area contributed by atoms with Gasteiger partial charge in [0, 0.05) is 44.8 Å². The zero-order valence-electron chi connectivity index (χ0n) is 18.2. The normalized spacial score (nSPS) is 14.6. The molecule has 3 aromatic rings. The van der Waals surface area contributed by atoms with Crippen molar-refractivity contribution in [1.82, 2.24) is 15.2 Å². The number of fused-ring (bicyclic) bond motifs is 1. The van der Waals surface area contributed by atoms with Crippen molar-refractivity contribution in [3.63, 3.8) is 0 Å². The van der Waals surface area contributed by atoms with Crippen LogP contribution in [0.15, 0.2) is 36.4 Å². The van der Waals surface area contributed by atoms with Crippen molar-refractivity contribution in [2.75, 3.05) is 58.4 Å². The van der Waals surface area contributed by atoms with Gasteiger partial charge in [0.15, 0.2) is 5.13 Å². The average Bonchev–Trinajstić information content (AvgIpc) is 3.24. The lowest BCUT2D eigenvalue weighted by molar-refractivity contribution is 0.0947. The standard InChI is InChI=1S/C23H28N4O3S/c1-16-6-4-5-7-17(16)22(28)24-10-11-26-12-14-27(15-13-26)23-25-20-18(29-2)8-9-19(30-3)21(20)31-23/h4-9H,10-15H2,1-3H3,(H,24,28). The minimum Gasteiger partial charge on any atom is -0.495 e. The molecule has 1 amide bonds. The highest BCUT2D eigenvalue weighted by Crippen LogP contribution is 2.40. The monoisotopic (exact) mass is 440 g/mol. The number of hydrogen-bond donors (Lipinski definition) is 1. The number of carbonyl (C=O) groups is 1. The van der Waals surface area contributed by atoms with Crippen molar-refractivity contribution in [2.45, 2.75) is 6.92 Å². The van der Waals surface area contributed by atoms with E-state index in [1.165, 1.54) is 0 Å². The van der Waals surface area contributed by atoms with Gasteiger partial charge < -0.3 is 19.7 Å². The molecule has 2 aromatic carbocycles. The van der Waals surface area contributed by atoms with Gasteiger partial charge in [-0.05, 0) is 30.7 Å². The number of nitrogens with zero attached hydrogens (tertiary/aromatic N) is 3. The summed E-state index contributed by atoms with van der Waals surface area (Å²) in [6.07, 6.45) is 0. The van der Waals surface area contributed by atoms with Crippen LogP contribution in [0.1, 0.15) is 15.9 Å². The maximum Gasteiger partial charge on any atom is 0.251 e. The second kappa shape index (κ2) is 9.53. The molecule has 0 unspecified atom stereocenters. The van der Waals surface area contributed by atoms with Gasteiger partial charge in [-0.3, -0.25) is 9.69 Å². The first-order valence-corrected chi connectivity index (χ1v) is 11.2. The summed E-state index contributed by atoms with van der Waals surface area (Å²) in [4.78, 5) is 21.9. The van der Waals surface area contributed by atoms with E-state index in [0.29, 0.717) is 6.54 Å². The van der Waals surface area contributed by atoms with E-state index in [-0.39, 0.29) is 5.91 Å². The maximum absolute atomic E-state index is 12.4. The van der Waals surface area contributed by atoms with E-state index in [9.17, 15) is 4.79 Å². The van der Waals surface area contributed by atoms with E-state index in [2.05, 4.69) is 15.1 Å². The fourth-order valence-corrected chi connectivity index (χ4v) is 4.95. The van der Waals surface area contributed by atoms with E-state index in [1.807, 2.05) is 43.3 Å². The van der Waals surface area contributed by atoms with Crippen molar-refractivity contribution < 1.29 is 14.3 Å². The Morgan fingerprint density at radius 1 is 1.06 bits per heavy atom. The van der Waals surface area contributed by atoms with Gasteiger partial charge in [0.1, 0.15) is 21.7 Å². The predicted molar refractivity (Wildman–Crippen MR) is 125 cm³/mol. The minimum atomic E-state index is -0.00546. The van der Waals surface area contributed by atoms with Crippen molar-refractivity contribution in [2.24, 2.45) is 0 Å². The zero-order valence-corrected chi connectivity index (χ0v) is 19.0. The molecule has 1 saturated heterocycles. The first-order chi connectivity index (χ1) is 15.1. The van der Waals surface area contributed by atoms with Gasteiger partial charge in [-0.2, -0.15) is 0 Å². The highest BCUT2D eigenvalue weighted by molar-refractivity contribution is 7.22. The molecular weight excluding hydrogens is 412 g/mol. The molecule has 0 radical (unpaired) electrons. The number of anilines is 1. The molecule has 8 heteroatoms. The number of ether oxygens (including phenoxy) is 2. The first-order valence-electron chi connectivity index (χ1n) is 10.4. The quantitative estimate of drug-likeness (QED) is 0.609.